The summed E-state index contributed by atoms with van der Waals surface area (Å²) in [5, 5.41) is 22.7. The maximum atomic E-state index is 13.1. The Morgan fingerprint density at radius 3 is 0.873 bits per heavy atom. The Kier molecular flexibility index (Phi) is 28.7. The number of hydrogen-bond acceptors (Lipinski definition) is 24. The molecule has 0 amide bonds. The van der Waals surface area contributed by atoms with Crippen LogP contribution in [0.5, 0.6) is 0 Å². The monoisotopic (exact) mass is 1950 g/mol. The van der Waals surface area contributed by atoms with Crippen LogP contribution in [0.25, 0.3) is 88.1 Å². The van der Waals surface area contributed by atoms with Gasteiger partial charge in [0.05, 0.1) is 62.2 Å². The molecule has 134 heavy (non-hydrogen) atoms. The summed E-state index contributed by atoms with van der Waals surface area (Å²) in [7, 11) is -13.3. The fourth-order valence-corrected chi connectivity index (χ4v) is 20.8. The lowest BCUT2D eigenvalue weighted by molar-refractivity contribution is 0.122. The number of fused-ring (bicyclic) bond motifs is 4. The number of aromatic nitrogens is 8. The zero-order chi connectivity index (χ0) is 93.1. The number of rotatable bonds is 20. The van der Waals surface area contributed by atoms with Crippen molar-refractivity contribution in [3.8, 4) is 45.0 Å². The van der Waals surface area contributed by atoms with Crippen molar-refractivity contribution < 1.29 is 43.5 Å². The van der Waals surface area contributed by atoms with Crippen LogP contribution in [0.15, 0.2) is 312 Å². The Bertz CT molecular complexity index is 6980. The Labute approximate surface area is 796 Å². The van der Waals surface area contributed by atoms with Crippen LogP contribution in [0, 0.1) is 0 Å². The Balaban J connectivity index is 0.000000124. The maximum absolute atomic E-state index is 13.1. The van der Waals surface area contributed by atoms with Crippen molar-refractivity contribution in [1.82, 2.24) is 50.1 Å². The van der Waals surface area contributed by atoms with Crippen LogP contribution in [0.4, 0.5) is 46.0 Å². The zero-order valence-electron chi connectivity index (χ0n) is 72.2. The van der Waals surface area contributed by atoms with Crippen LogP contribution in [0.3, 0.4) is 0 Å². The number of sulfonamides is 4. The topological polar surface area (TPSA) is 345 Å². The molecule has 0 spiro atoms. The highest BCUT2D eigenvalue weighted by Crippen LogP contribution is 2.41. The van der Waals surface area contributed by atoms with Crippen LogP contribution in [-0.4, -0.2) is 188 Å². The predicted molar refractivity (Wildman–Crippen MR) is 534 cm³/mol. The minimum Gasteiger partial charge on any atom is -0.393 e. The number of aliphatic hydroxyl groups excluding tert-OH is 1. The van der Waals surface area contributed by atoms with Crippen molar-refractivity contribution in [1.29, 1.82) is 0 Å². The summed E-state index contributed by atoms with van der Waals surface area (Å²) in [6.07, 6.45) is 13.4. The highest BCUT2D eigenvalue weighted by molar-refractivity contribution is 7.93. The highest BCUT2D eigenvalue weighted by Gasteiger charge is 2.27. The van der Waals surface area contributed by atoms with E-state index in [9.17, 15) is 38.8 Å². The lowest BCUT2D eigenvalue weighted by Crippen LogP contribution is -2.44. The van der Waals surface area contributed by atoms with Gasteiger partial charge in [-0.15, -0.1) is 0 Å². The van der Waals surface area contributed by atoms with E-state index in [0.717, 1.165) is 126 Å². The van der Waals surface area contributed by atoms with Crippen LogP contribution in [-0.2, 0) is 44.8 Å². The first-order valence-electron chi connectivity index (χ1n) is 43.0. The number of halogens is 4. The van der Waals surface area contributed by atoms with Gasteiger partial charge in [0.25, 0.3) is 40.1 Å². The molecule has 16 aromatic rings. The van der Waals surface area contributed by atoms with Crippen molar-refractivity contribution in [2.75, 3.05) is 137 Å². The standard InChI is InChI=1S/C25H24ClN5O2S.C25H23ClN4O3S.C24H22ClN5O2S.C24H21ClN4O3S/c1-30-12-14-31(15-13-30)24-9-7-20(17-28-24)34(32,33)29-19-6-8-23(26)22(16-19)25-21-5-3-2-4-18(21)10-11-27-25;26-23-7-5-18(15-22(23)25-21-4-2-1-3-17(21)9-12-27-25)29-34(32,33)20-6-8-24(28-16-20)30-13-10-19(31)11-14-30;25-22-7-5-18(15-21(22)24-20-4-2-1-3-17(20)9-10-27-24)29-33(31,32)19-6-8-23(28-16-19)30-13-11-26-12-14-30;25-22-7-5-18(15-21(22)24-20-4-2-1-3-17(20)9-10-26-24)28-33(30,31)19-6-8-23(27-16-19)29-11-13-32-14-12-29/h2-11,16-17,29H,12-15H2,1H3;1-9,12,15-16,19,29,31H,10-11,13-14H2;1-10,15-16,26,29H,11-14H2;1-10,15-16,28H,11-14H2. The normalized spacial score (nSPS) is 14.7. The van der Waals surface area contributed by atoms with Gasteiger partial charge in [0.1, 0.15) is 42.9 Å². The van der Waals surface area contributed by atoms with Gasteiger partial charge in [-0.05, 0) is 187 Å². The van der Waals surface area contributed by atoms with Crippen molar-refractivity contribution in [2.24, 2.45) is 0 Å². The average Bonchev–Trinajstić information content (AvgIpc) is 0.792. The number of pyridine rings is 8. The molecule has 0 bridgehead atoms. The summed E-state index contributed by atoms with van der Waals surface area (Å²) in [4.78, 5) is 46.5. The number of aliphatic hydroxyl groups is 1. The SMILES string of the molecule is CN1CCN(c2ccc(S(=O)(=O)Nc3ccc(Cl)c(-c4nccc5ccccc45)c3)cn2)CC1.O=S(=O)(Nc1ccc(Cl)c(-c2nccc3ccccc23)c1)c1ccc(N2CCC(O)CC2)nc1.O=S(=O)(Nc1ccc(Cl)c(-c2nccc3ccccc23)c1)c1ccc(N2CCNCC2)nc1.O=S(=O)(Nc1ccc(Cl)c(-c2nccc3ccccc23)c1)c1ccc(N2CCOCC2)nc1. The van der Waals surface area contributed by atoms with Crippen molar-refractivity contribution in [3.05, 3.63) is 312 Å². The number of piperazine rings is 2. The molecular weight excluding hydrogens is 1860 g/mol. The number of benzene rings is 8. The van der Waals surface area contributed by atoms with Gasteiger partial charge in [0, 0.05) is 195 Å². The molecule has 36 heteroatoms. The Hall–Kier alpha value is -12.8. The van der Waals surface area contributed by atoms with E-state index in [2.05, 4.69) is 90.7 Å². The molecule has 684 valence electrons. The van der Waals surface area contributed by atoms with Gasteiger partial charge in [-0.25, -0.2) is 53.6 Å². The second-order valence-corrected chi connectivity index (χ2v) is 40.3. The smallest absolute Gasteiger partial charge is 0.263 e. The van der Waals surface area contributed by atoms with Crippen LogP contribution >= 0.6 is 46.4 Å². The van der Waals surface area contributed by atoms with E-state index >= 15 is 0 Å². The molecule has 20 rings (SSSR count). The van der Waals surface area contributed by atoms with Gasteiger partial charge in [-0.1, -0.05) is 143 Å². The molecule has 0 atom stereocenters. The minimum atomic E-state index is -3.86. The molecule has 0 aliphatic carbocycles. The number of likely N-dealkylation sites (N-methyl/N-ethyl adjacent to an activating group) is 1. The van der Waals surface area contributed by atoms with Gasteiger partial charge >= 0.3 is 0 Å². The third-order valence-corrected chi connectivity index (χ3v) is 29.9. The van der Waals surface area contributed by atoms with E-state index in [1.165, 1.54) is 24.8 Å². The van der Waals surface area contributed by atoms with Crippen molar-refractivity contribution in [2.45, 2.75) is 38.5 Å². The van der Waals surface area contributed by atoms with Gasteiger partial charge in [0.2, 0.25) is 0 Å². The second kappa shape index (κ2) is 41.4. The highest BCUT2D eigenvalue weighted by atomic mass is 35.5. The Morgan fingerprint density at radius 2 is 0.590 bits per heavy atom. The van der Waals surface area contributed by atoms with Gasteiger partial charge < -0.3 is 39.7 Å². The molecule has 12 heterocycles. The summed E-state index contributed by atoms with van der Waals surface area (Å²) in [6.45, 7) is 11.2. The molecule has 4 aliphatic rings. The number of hydrogen-bond donors (Lipinski definition) is 6. The van der Waals surface area contributed by atoms with Crippen LogP contribution in [0.2, 0.25) is 20.1 Å². The number of nitrogens with zero attached hydrogens (tertiary/aromatic N) is 13. The second-order valence-electron chi connectivity index (χ2n) is 32.0. The molecule has 4 aliphatic heterocycles. The molecule has 8 aromatic heterocycles. The first-order chi connectivity index (χ1) is 64.8. The fourth-order valence-electron chi connectivity index (χ4n) is 16.0. The van der Waals surface area contributed by atoms with E-state index < -0.39 is 40.1 Å². The van der Waals surface area contributed by atoms with E-state index in [1.807, 2.05) is 126 Å². The van der Waals surface area contributed by atoms with E-state index in [0.29, 0.717) is 133 Å². The number of nitrogens with one attached hydrogen (secondary N) is 5. The molecule has 28 nitrogen and oxygen atoms in total. The molecule has 4 saturated heterocycles. The number of ether oxygens (including phenoxy) is 1. The quantitative estimate of drug-likeness (QED) is 0.0413. The first-order valence-corrected chi connectivity index (χ1v) is 50.4. The summed E-state index contributed by atoms with van der Waals surface area (Å²) in [5.74, 6) is 2.98. The molecule has 4 fully saturated rings. The lowest BCUT2D eigenvalue weighted by atomic mass is 10.0. The van der Waals surface area contributed by atoms with Crippen molar-refractivity contribution in [3.63, 3.8) is 0 Å². The lowest BCUT2D eigenvalue weighted by Gasteiger charge is -2.33. The average molecular weight is 1950 g/mol. The summed E-state index contributed by atoms with van der Waals surface area (Å²) in [5.41, 5.74) is 6.93. The maximum Gasteiger partial charge on any atom is 0.263 e. The predicted octanol–water partition coefficient (Wildman–Crippen LogP) is 18.0. The Morgan fingerprint density at radius 1 is 0.321 bits per heavy atom. The molecule has 6 N–H and O–H groups in total. The third kappa shape index (κ3) is 22.0. The molecule has 0 saturated carbocycles. The largest absolute Gasteiger partial charge is 0.393 e. The van der Waals surface area contributed by atoms with Crippen LogP contribution in [0.1, 0.15) is 12.8 Å². The fraction of sp³-hybridized carbons (Fsp3) is 0.184. The molecule has 0 radical (unpaired) electrons. The molecular formula is C98H90Cl4N18O10S4. The van der Waals surface area contributed by atoms with Gasteiger partial charge in [0.15, 0.2) is 0 Å². The van der Waals surface area contributed by atoms with E-state index in [-0.39, 0.29) is 25.7 Å². The minimum absolute atomic E-state index is 0.0630. The molecule has 0 unspecified atom stereocenters. The summed E-state index contributed by atoms with van der Waals surface area (Å²) < 4.78 is 120. The van der Waals surface area contributed by atoms with E-state index in [4.69, 9.17) is 51.1 Å². The van der Waals surface area contributed by atoms with Gasteiger partial charge in [-0.2, -0.15) is 0 Å². The molecule has 8 aromatic carbocycles. The third-order valence-electron chi connectivity index (χ3n) is 23.1. The van der Waals surface area contributed by atoms with E-state index in [1.54, 1.807) is 146 Å². The van der Waals surface area contributed by atoms with Crippen LogP contribution < -0.4 is 43.8 Å². The number of morpholine rings is 1. The number of piperidine rings is 1. The summed E-state index contributed by atoms with van der Waals surface area (Å²) >= 11 is 25.9. The van der Waals surface area contributed by atoms with Gasteiger partial charge in [-0.3, -0.25) is 38.8 Å². The first kappa shape index (κ1) is 93.0. The number of anilines is 8. The summed E-state index contributed by atoms with van der Waals surface area (Å²) in [6, 6.07) is 72.3. The van der Waals surface area contributed by atoms with Crippen molar-refractivity contribution >= 4 is 176 Å². The zero-order valence-corrected chi connectivity index (χ0v) is 78.5.